The zero-order valence-electron chi connectivity index (χ0n) is 10.5. The molecule has 0 fully saturated rings. The van der Waals surface area contributed by atoms with Crippen LogP contribution < -0.4 is 5.32 Å². The SMILES string of the molecule is O=C(NCCn1cccc1)c1cc(O)ccc1[N+](=O)[O-]. The van der Waals surface area contributed by atoms with Crippen LogP contribution in [-0.4, -0.2) is 27.0 Å². The lowest BCUT2D eigenvalue weighted by molar-refractivity contribution is -0.385. The summed E-state index contributed by atoms with van der Waals surface area (Å²) in [4.78, 5) is 22.1. The summed E-state index contributed by atoms with van der Waals surface area (Å²) in [6.07, 6.45) is 3.70. The largest absolute Gasteiger partial charge is 0.508 e. The number of nitrogens with one attached hydrogen (secondary N) is 1. The van der Waals surface area contributed by atoms with Crippen LogP contribution in [0.25, 0.3) is 0 Å². The maximum Gasteiger partial charge on any atom is 0.282 e. The Morgan fingerprint density at radius 1 is 1.35 bits per heavy atom. The molecular weight excluding hydrogens is 262 g/mol. The number of carbonyl (C=O) groups excluding carboxylic acids is 1. The molecule has 0 atom stereocenters. The Morgan fingerprint density at radius 2 is 2.05 bits per heavy atom. The maximum atomic E-state index is 11.9. The van der Waals surface area contributed by atoms with Gasteiger partial charge in [0, 0.05) is 31.5 Å². The smallest absolute Gasteiger partial charge is 0.282 e. The average molecular weight is 275 g/mol. The number of nitro groups is 1. The first-order valence-corrected chi connectivity index (χ1v) is 5.94. The average Bonchev–Trinajstić information content (AvgIpc) is 2.91. The third-order valence-corrected chi connectivity index (χ3v) is 2.74. The van der Waals surface area contributed by atoms with Gasteiger partial charge in [-0.3, -0.25) is 14.9 Å². The normalized spacial score (nSPS) is 10.2. The minimum Gasteiger partial charge on any atom is -0.508 e. The predicted octanol–water partition coefficient (Wildman–Crippen LogP) is 1.53. The fourth-order valence-corrected chi connectivity index (χ4v) is 1.78. The van der Waals surface area contributed by atoms with Crippen LogP contribution in [0.4, 0.5) is 5.69 Å². The van der Waals surface area contributed by atoms with Crippen molar-refractivity contribution in [2.24, 2.45) is 0 Å². The predicted molar refractivity (Wildman–Crippen MR) is 71.5 cm³/mol. The molecule has 0 radical (unpaired) electrons. The molecule has 2 N–H and O–H groups in total. The van der Waals surface area contributed by atoms with Crippen LogP contribution in [0.3, 0.4) is 0 Å². The Kier molecular flexibility index (Phi) is 3.99. The second-order valence-corrected chi connectivity index (χ2v) is 4.14. The van der Waals surface area contributed by atoms with Gasteiger partial charge in [0.05, 0.1) is 4.92 Å². The molecule has 7 nitrogen and oxygen atoms in total. The molecule has 0 aliphatic carbocycles. The van der Waals surface area contributed by atoms with E-state index in [4.69, 9.17) is 0 Å². The van der Waals surface area contributed by atoms with Crippen molar-refractivity contribution >= 4 is 11.6 Å². The number of nitro benzene ring substituents is 1. The van der Waals surface area contributed by atoms with Crippen molar-refractivity contribution in [2.75, 3.05) is 6.54 Å². The van der Waals surface area contributed by atoms with Crippen LogP contribution in [0.15, 0.2) is 42.7 Å². The highest BCUT2D eigenvalue weighted by Gasteiger charge is 2.20. The Hall–Kier alpha value is -2.83. The Balaban J connectivity index is 2.05. The second kappa shape index (κ2) is 5.87. The van der Waals surface area contributed by atoms with Gasteiger partial charge in [0.15, 0.2) is 0 Å². The molecule has 1 heterocycles. The van der Waals surface area contributed by atoms with Crippen LogP contribution in [-0.2, 0) is 6.54 Å². The number of carbonyl (C=O) groups is 1. The zero-order chi connectivity index (χ0) is 14.5. The van der Waals surface area contributed by atoms with Gasteiger partial charge in [-0.05, 0) is 24.3 Å². The Labute approximate surface area is 114 Å². The maximum absolute atomic E-state index is 11.9. The molecule has 1 aromatic carbocycles. The van der Waals surface area contributed by atoms with E-state index < -0.39 is 10.8 Å². The highest BCUT2D eigenvalue weighted by atomic mass is 16.6. The summed E-state index contributed by atoms with van der Waals surface area (Å²) in [6, 6.07) is 7.10. The minimum atomic E-state index is -0.652. The van der Waals surface area contributed by atoms with Crippen molar-refractivity contribution in [2.45, 2.75) is 6.54 Å². The van der Waals surface area contributed by atoms with E-state index in [0.717, 1.165) is 12.1 Å². The molecule has 7 heteroatoms. The summed E-state index contributed by atoms with van der Waals surface area (Å²) >= 11 is 0. The zero-order valence-corrected chi connectivity index (χ0v) is 10.5. The van der Waals surface area contributed by atoms with Crippen LogP contribution in [0.1, 0.15) is 10.4 Å². The fraction of sp³-hybridized carbons (Fsp3) is 0.154. The van der Waals surface area contributed by atoms with Gasteiger partial charge in [0.1, 0.15) is 11.3 Å². The summed E-state index contributed by atoms with van der Waals surface area (Å²) in [5, 5.41) is 22.8. The summed E-state index contributed by atoms with van der Waals surface area (Å²) in [5.41, 5.74) is -0.483. The van der Waals surface area contributed by atoms with Crippen LogP contribution in [0.2, 0.25) is 0 Å². The summed E-state index contributed by atoms with van der Waals surface area (Å²) in [6.45, 7) is 0.895. The lowest BCUT2D eigenvalue weighted by atomic mass is 10.1. The number of benzene rings is 1. The third-order valence-electron chi connectivity index (χ3n) is 2.74. The number of aromatic nitrogens is 1. The van der Waals surface area contributed by atoms with Gasteiger partial charge >= 0.3 is 0 Å². The number of phenols is 1. The molecule has 104 valence electrons. The van der Waals surface area contributed by atoms with Crippen molar-refractivity contribution in [3.8, 4) is 5.75 Å². The number of hydrogen-bond acceptors (Lipinski definition) is 4. The molecule has 2 aromatic rings. The van der Waals surface area contributed by atoms with Gasteiger partial charge in [0.2, 0.25) is 0 Å². The highest BCUT2D eigenvalue weighted by molar-refractivity contribution is 5.98. The summed E-state index contributed by atoms with van der Waals surface area (Å²) in [5.74, 6) is -0.772. The van der Waals surface area contributed by atoms with Gasteiger partial charge in [-0.1, -0.05) is 0 Å². The van der Waals surface area contributed by atoms with Crippen molar-refractivity contribution in [1.29, 1.82) is 0 Å². The topological polar surface area (TPSA) is 97.4 Å². The first kappa shape index (κ1) is 13.6. The quantitative estimate of drug-likeness (QED) is 0.638. The molecule has 1 aromatic heterocycles. The van der Waals surface area contributed by atoms with Gasteiger partial charge in [-0.2, -0.15) is 0 Å². The van der Waals surface area contributed by atoms with Crippen molar-refractivity contribution in [3.05, 3.63) is 58.4 Å². The molecule has 1 amide bonds. The van der Waals surface area contributed by atoms with E-state index in [9.17, 15) is 20.0 Å². The Morgan fingerprint density at radius 3 is 2.70 bits per heavy atom. The van der Waals surface area contributed by atoms with Crippen molar-refractivity contribution < 1.29 is 14.8 Å². The molecule has 20 heavy (non-hydrogen) atoms. The van der Waals surface area contributed by atoms with E-state index in [1.165, 1.54) is 6.07 Å². The van der Waals surface area contributed by atoms with Crippen molar-refractivity contribution in [3.63, 3.8) is 0 Å². The molecule has 0 spiro atoms. The number of aromatic hydroxyl groups is 1. The van der Waals surface area contributed by atoms with E-state index in [0.29, 0.717) is 13.1 Å². The summed E-state index contributed by atoms with van der Waals surface area (Å²) in [7, 11) is 0. The molecule has 0 aliphatic rings. The molecule has 0 saturated heterocycles. The molecule has 0 saturated carbocycles. The van der Waals surface area contributed by atoms with E-state index in [2.05, 4.69) is 5.32 Å². The van der Waals surface area contributed by atoms with Crippen molar-refractivity contribution in [1.82, 2.24) is 9.88 Å². The molecule has 0 bridgehead atoms. The number of rotatable bonds is 5. The standard InChI is InChI=1S/C13H13N3O4/c17-10-3-4-12(16(19)20)11(9-10)13(18)14-5-8-15-6-1-2-7-15/h1-4,6-7,9,17H,5,8H2,(H,14,18). The van der Waals surface area contributed by atoms with E-state index in [-0.39, 0.29) is 17.0 Å². The first-order chi connectivity index (χ1) is 9.58. The highest BCUT2D eigenvalue weighted by Crippen LogP contribution is 2.22. The number of amides is 1. The third kappa shape index (κ3) is 3.14. The van der Waals surface area contributed by atoms with Gasteiger partial charge in [0.25, 0.3) is 11.6 Å². The first-order valence-electron chi connectivity index (χ1n) is 5.94. The van der Waals surface area contributed by atoms with E-state index in [1.807, 2.05) is 29.1 Å². The lowest BCUT2D eigenvalue weighted by Gasteiger charge is -2.07. The number of hydrogen-bond donors (Lipinski definition) is 2. The Bertz CT molecular complexity index is 623. The number of phenolic OH excluding ortho intramolecular Hbond substituents is 1. The lowest BCUT2D eigenvalue weighted by Crippen LogP contribution is -2.27. The van der Waals surface area contributed by atoms with Crippen LogP contribution in [0, 0.1) is 10.1 Å². The molecule has 0 unspecified atom stereocenters. The van der Waals surface area contributed by atoms with E-state index in [1.54, 1.807) is 0 Å². The fourth-order valence-electron chi connectivity index (χ4n) is 1.78. The summed E-state index contributed by atoms with van der Waals surface area (Å²) < 4.78 is 1.87. The van der Waals surface area contributed by atoms with Crippen LogP contribution in [0.5, 0.6) is 5.75 Å². The van der Waals surface area contributed by atoms with Crippen LogP contribution >= 0.6 is 0 Å². The molecular formula is C13H13N3O4. The molecule has 2 rings (SSSR count). The van der Waals surface area contributed by atoms with Gasteiger partial charge < -0.3 is 15.0 Å². The monoisotopic (exact) mass is 275 g/mol. The second-order valence-electron chi connectivity index (χ2n) is 4.14. The van der Waals surface area contributed by atoms with Gasteiger partial charge in [-0.15, -0.1) is 0 Å². The number of nitrogens with zero attached hydrogens (tertiary/aromatic N) is 2. The molecule has 0 aliphatic heterocycles. The van der Waals surface area contributed by atoms with Gasteiger partial charge in [-0.25, -0.2) is 0 Å². The van der Waals surface area contributed by atoms with E-state index >= 15 is 0 Å². The minimum absolute atomic E-state index is 0.150.